The number of anilines is 1. The van der Waals surface area contributed by atoms with E-state index in [9.17, 15) is 9.59 Å². The fourth-order valence-electron chi connectivity index (χ4n) is 2.49. The molecule has 122 valence electrons. The molecule has 2 rings (SSSR count). The summed E-state index contributed by atoms with van der Waals surface area (Å²) in [5, 5.41) is 3.27. The molecule has 1 aliphatic rings. The lowest BCUT2D eigenvalue weighted by molar-refractivity contribution is -0.113. The lowest BCUT2D eigenvalue weighted by atomic mass is 9.87. The summed E-state index contributed by atoms with van der Waals surface area (Å²) in [6.45, 7) is 7.09. The van der Waals surface area contributed by atoms with Crippen molar-refractivity contribution in [1.29, 1.82) is 0 Å². The van der Waals surface area contributed by atoms with Crippen molar-refractivity contribution in [2.24, 2.45) is 0 Å². The molecule has 0 aromatic carbocycles. The standard InChI is InChI=1S/C15H21ClN2O3S/c1-5-21-14(20)12-9-6-15(2,3)18(4)8-10(9)22-13(12)17-11(19)7-16/h5-8H2,1-4H3,(H,17,19). The summed E-state index contributed by atoms with van der Waals surface area (Å²) in [4.78, 5) is 27.3. The van der Waals surface area contributed by atoms with Crippen LogP contribution in [0.15, 0.2) is 0 Å². The average Bonchev–Trinajstić information content (AvgIpc) is 2.75. The van der Waals surface area contributed by atoms with Crippen LogP contribution in [0.1, 0.15) is 41.6 Å². The van der Waals surface area contributed by atoms with Crippen LogP contribution in [0.2, 0.25) is 0 Å². The summed E-state index contributed by atoms with van der Waals surface area (Å²) >= 11 is 6.99. The molecule has 22 heavy (non-hydrogen) atoms. The van der Waals surface area contributed by atoms with Crippen molar-refractivity contribution in [2.75, 3.05) is 24.9 Å². The van der Waals surface area contributed by atoms with Crippen molar-refractivity contribution >= 4 is 39.8 Å². The molecule has 7 heteroatoms. The van der Waals surface area contributed by atoms with Crippen LogP contribution in [0.3, 0.4) is 0 Å². The molecule has 0 radical (unpaired) electrons. The highest BCUT2D eigenvalue weighted by atomic mass is 35.5. The van der Waals surface area contributed by atoms with E-state index in [1.807, 2.05) is 0 Å². The van der Waals surface area contributed by atoms with Crippen molar-refractivity contribution in [2.45, 2.75) is 39.3 Å². The zero-order valence-electron chi connectivity index (χ0n) is 13.3. The largest absolute Gasteiger partial charge is 0.462 e. The molecule has 0 atom stereocenters. The number of nitrogens with one attached hydrogen (secondary N) is 1. The summed E-state index contributed by atoms with van der Waals surface area (Å²) < 4.78 is 5.17. The van der Waals surface area contributed by atoms with Gasteiger partial charge in [0.05, 0.1) is 12.2 Å². The lowest BCUT2D eigenvalue weighted by Gasteiger charge is -2.39. The molecule has 1 aliphatic heterocycles. The number of hydrogen-bond acceptors (Lipinski definition) is 5. The Labute approximate surface area is 139 Å². The van der Waals surface area contributed by atoms with Gasteiger partial charge in [0.1, 0.15) is 10.9 Å². The van der Waals surface area contributed by atoms with Gasteiger partial charge in [0, 0.05) is 17.0 Å². The Hall–Kier alpha value is -1.11. The Morgan fingerprint density at radius 2 is 2.14 bits per heavy atom. The van der Waals surface area contributed by atoms with Crippen molar-refractivity contribution in [3.8, 4) is 0 Å². The number of rotatable bonds is 4. The highest BCUT2D eigenvalue weighted by Crippen LogP contribution is 2.41. The van der Waals surface area contributed by atoms with Gasteiger partial charge in [0.2, 0.25) is 5.91 Å². The van der Waals surface area contributed by atoms with Crippen molar-refractivity contribution in [3.05, 3.63) is 16.0 Å². The molecule has 1 aromatic heterocycles. The van der Waals surface area contributed by atoms with Crippen molar-refractivity contribution in [3.63, 3.8) is 0 Å². The first-order chi connectivity index (χ1) is 10.3. The maximum absolute atomic E-state index is 12.3. The molecule has 0 fully saturated rings. The van der Waals surface area contributed by atoms with Gasteiger partial charge >= 0.3 is 5.97 Å². The molecule has 1 amide bonds. The van der Waals surface area contributed by atoms with Gasteiger partial charge in [-0.2, -0.15) is 0 Å². The molecule has 0 saturated carbocycles. The molecule has 0 unspecified atom stereocenters. The summed E-state index contributed by atoms with van der Waals surface area (Å²) in [6, 6.07) is 0. The molecule has 2 heterocycles. The Bertz CT molecular complexity index is 598. The number of fused-ring (bicyclic) bond motifs is 1. The third-order valence-electron chi connectivity index (χ3n) is 3.97. The first-order valence-electron chi connectivity index (χ1n) is 7.18. The van der Waals surface area contributed by atoms with Crippen LogP contribution in [-0.2, 0) is 22.5 Å². The van der Waals surface area contributed by atoms with E-state index in [1.54, 1.807) is 6.92 Å². The molecular formula is C15H21ClN2O3S. The van der Waals surface area contributed by atoms with Crippen LogP contribution in [0, 0.1) is 0 Å². The number of ether oxygens (including phenoxy) is 1. The number of amides is 1. The van der Waals surface area contributed by atoms with Gasteiger partial charge in [-0.3, -0.25) is 9.69 Å². The minimum absolute atomic E-state index is 0.0525. The molecular weight excluding hydrogens is 324 g/mol. The van der Waals surface area contributed by atoms with Crippen LogP contribution in [0.4, 0.5) is 5.00 Å². The second-order valence-electron chi connectivity index (χ2n) is 5.96. The van der Waals surface area contributed by atoms with E-state index in [1.165, 1.54) is 11.3 Å². The van der Waals surface area contributed by atoms with Crippen molar-refractivity contribution < 1.29 is 14.3 Å². The zero-order chi connectivity index (χ0) is 16.5. The molecule has 1 aromatic rings. The Kier molecular flexibility index (Phi) is 5.14. The molecule has 0 aliphatic carbocycles. The fourth-order valence-corrected chi connectivity index (χ4v) is 3.83. The number of halogens is 1. The Morgan fingerprint density at radius 3 is 2.73 bits per heavy atom. The fraction of sp³-hybridized carbons (Fsp3) is 0.600. The summed E-state index contributed by atoms with van der Waals surface area (Å²) in [7, 11) is 2.06. The number of alkyl halides is 1. The first kappa shape index (κ1) is 17.2. The van der Waals surface area contributed by atoms with E-state index < -0.39 is 0 Å². The second-order valence-corrected chi connectivity index (χ2v) is 7.33. The van der Waals surface area contributed by atoms with Gasteiger partial charge in [0.25, 0.3) is 0 Å². The normalized spacial score (nSPS) is 17.0. The minimum Gasteiger partial charge on any atom is -0.462 e. The minimum atomic E-state index is -0.384. The van der Waals surface area contributed by atoms with E-state index in [2.05, 4.69) is 31.1 Å². The number of carbonyl (C=O) groups excluding carboxylic acids is 2. The van der Waals surface area contributed by atoms with E-state index in [0.29, 0.717) is 17.2 Å². The quantitative estimate of drug-likeness (QED) is 0.674. The zero-order valence-corrected chi connectivity index (χ0v) is 14.9. The first-order valence-corrected chi connectivity index (χ1v) is 8.54. The van der Waals surface area contributed by atoms with E-state index in [-0.39, 0.29) is 23.3 Å². The molecule has 0 spiro atoms. The second kappa shape index (κ2) is 6.56. The van der Waals surface area contributed by atoms with Crippen LogP contribution in [0.5, 0.6) is 0 Å². The third kappa shape index (κ3) is 3.29. The average molecular weight is 345 g/mol. The van der Waals surface area contributed by atoms with Gasteiger partial charge in [-0.15, -0.1) is 22.9 Å². The molecule has 0 bridgehead atoms. The third-order valence-corrected chi connectivity index (χ3v) is 5.34. The number of likely N-dealkylation sites (N-methyl/N-ethyl adjacent to an activating group) is 1. The molecule has 5 nitrogen and oxygen atoms in total. The van der Waals surface area contributed by atoms with E-state index in [0.717, 1.165) is 23.4 Å². The van der Waals surface area contributed by atoms with Crippen LogP contribution >= 0.6 is 22.9 Å². The summed E-state index contributed by atoms with van der Waals surface area (Å²) in [6.07, 6.45) is 0.736. The monoisotopic (exact) mass is 344 g/mol. The van der Waals surface area contributed by atoms with Crippen LogP contribution < -0.4 is 5.32 Å². The Balaban J connectivity index is 2.47. The van der Waals surface area contributed by atoms with Gasteiger partial charge in [-0.05, 0) is 39.8 Å². The predicted molar refractivity (Wildman–Crippen MR) is 88.9 cm³/mol. The highest BCUT2D eigenvalue weighted by Gasteiger charge is 2.36. The van der Waals surface area contributed by atoms with Crippen LogP contribution in [0.25, 0.3) is 0 Å². The lowest BCUT2D eigenvalue weighted by Crippen LogP contribution is -2.45. The summed E-state index contributed by atoms with van der Waals surface area (Å²) in [5.74, 6) is -0.848. The number of esters is 1. The summed E-state index contributed by atoms with van der Waals surface area (Å²) in [5.41, 5.74) is 1.42. The van der Waals surface area contributed by atoms with Gasteiger partial charge in [0.15, 0.2) is 0 Å². The SMILES string of the molecule is CCOC(=O)c1c(NC(=O)CCl)sc2c1CC(C)(C)N(C)C2. The number of nitrogens with zero attached hydrogens (tertiary/aromatic N) is 1. The topological polar surface area (TPSA) is 58.6 Å². The van der Waals surface area contributed by atoms with E-state index in [4.69, 9.17) is 16.3 Å². The predicted octanol–water partition coefficient (Wildman–Crippen LogP) is 2.87. The van der Waals surface area contributed by atoms with Crippen LogP contribution in [-0.4, -0.2) is 41.8 Å². The smallest absolute Gasteiger partial charge is 0.341 e. The Morgan fingerprint density at radius 1 is 1.45 bits per heavy atom. The highest BCUT2D eigenvalue weighted by molar-refractivity contribution is 7.17. The maximum Gasteiger partial charge on any atom is 0.341 e. The number of carbonyl (C=O) groups is 2. The van der Waals surface area contributed by atoms with Gasteiger partial charge < -0.3 is 10.1 Å². The van der Waals surface area contributed by atoms with Gasteiger partial charge in [-0.25, -0.2) is 4.79 Å². The van der Waals surface area contributed by atoms with Gasteiger partial charge in [-0.1, -0.05) is 0 Å². The molecule has 0 saturated heterocycles. The number of thiophene rings is 1. The van der Waals surface area contributed by atoms with E-state index >= 15 is 0 Å². The maximum atomic E-state index is 12.3. The van der Waals surface area contributed by atoms with Crippen molar-refractivity contribution in [1.82, 2.24) is 4.90 Å². The number of hydrogen-bond donors (Lipinski definition) is 1. The molecule has 1 N–H and O–H groups in total.